The van der Waals surface area contributed by atoms with Crippen molar-refractivity contribution < 1.29 is 36.7 Å². The predicted octanol–water partition coefficient (Wildman–Crippen LogP) is 4.71. The summed E-state index contributed by atoms with van der Waals surface area (Å²) in [7, 11) is 0. The van der Waals surface area contributed by atoms with Crippen LogP contribution in [0.4, 0.5) is 28.0 Å². The van der Waals surface area contributed by atoms with Crippen LogP contribution in [0.3, 0.4) is 0 Å². The van der Waals surface area contributed by atoms with Crippen molar-refractivity contribution in [3.8, 4) is 5.75 Å². The Morgan fingerprint density at radius 3 is 2.35 bits per heavy atom. The molecule has 2 bridgehead atoms. The lowest BCUT2D eigenvalue weighted by atomic mass is 10.1. The van der Waals surface area contributed by atoms with Gasteiger partial charge in [0, 0.05) is 43.4 Å². The number of ether oxygens (including phenoxy) is 1. The molecule has 13 heteroatoms. The summed E-state index contributed by atoms with van der Waals surface area (Å²) >= 11 is 6.01. The van der Waals surface area contributed by atoms with Crippen molar-refractivity contribution in [3.05, 3.63) is 64.4 Å². The molecule has 0 spiro atoms. The molecule has 0 radical (unpaired) electrons. The van der Waals surface area contributed by atoms with Crippen LogP contribution in [0.5, 0.6) is 5.75 Å². The first-order chi connectivity index (χ1) is 18.9. The number of urea groups is 1. The van der Waals surface area contributed by atoms with E-state index in [9.17, 15) is 31.9 Å². The Kier molecular flexibility index (Phi) is 7.49. The van der Waals surface area contributed by atoms with E-state index < -0.39 is 35.1 Å². The third-order valence-corrected chi connectivity index (χ3v) is 7.51. The van der Waals surface area contributed by atoms with Crippen molar-refractivity contribution in [2.75, 3.05) is 18.0 Å². The van der Waals surface area contributed by atoms with Crippen molar-refractivity contribution in [1.82, 2.24) is 15.1 Å². The zero-order valence-electron chi connectivity index (χ0n) is 21.3. The largest absolute Gasteiger partial charge is 0.573 e. The maximum Gasteiger partial charge on any atom is 0.573 e. The van der Waals surface area contributed by atoms with Crippen LogP contribution < -0.4 is 15.0 Å². The molecule has 3 heterocycles. The number of nitrogens with one attached hydrogen (secondary N) is 1. The number of hydrogen-bond donors (Lipinski definition) is 1. The minimum Gasteiger partial charge on any atom is -0.404 e. The van der Waals surface area contributed by atoms with Gasteiger partial charge in [0.05, 0.1) is 10.7 Å². The molecule has 2 aromatic carbocycles. The van der Waals surface area contributed by atoms with Gasteiger partial charge in [-0.05, 0) is 55.7 Å². The standard InChI is InChI=1S/C27H25ClF4N4O4/c1-15-25(38)36(26(39)33-15)22-11-21(28)23(40-27(30,31)32)10-17(22)4-9-24(37)35-19-7-8-20(35)14-34(13-19)12-16-2-5-18(29)6-3-16/h2-6,9-11,15,19-20H,7-8,12-14H2,1H3,(H,33,39)/b9-4+/t15-,19+,20?/m1/s1. The average Bonchev–Trinajstić information content (AvgIpc) is 3.29. The minimum atomic E-state index is -5.04. The first kappa shape index (κ1) is 27.9. The smallest absolute Gasteiger partial charge is 0.404 e. The molecule has 3 aliphatic rings. The molecule has 3 atom stereocenters. The van der Waals surface area contributed by atoms with E-state index in [1.807, 2.05) is 0 Å². The number of carbonyl (C=O) groups is 3. The summed E-state index contributed by atoms with van der Waals surface area (Å²) in [5.74, 6) is -2.02. The molecule has 0 saturated carbocycles. The van der Waals surface area contributed by atoms with Gasteiger partial charge in [-0.15, -0.1) is 13.2 Å². The number of nitrogens with zero attached hydrogens (tertiary/aromatic N) is 3. The van der Waals surface area contributed by atoms with E-state index in [4.69, 9.17) is 11.6 Å². The number of anilines is 1. The lowest BCUT2D eigenvalue weighted by Crippen LogP contribution is -2.55. The molecule has 3 saturated heterocycles. The van der Waals surface area contributed by atoms with Gasteiger partial charge in [-0.2, -0.15) is 0 Å². The number of fused-ring (bicyclic) bond motifs is 2. The highest BCUT2D eigenvalue weighted by Gasteiger charge is 2.42. The number of alkyl halides is 3. The summed E-state index contributed by atoms with van der Waals surface area (Å²) in [5, 5.41) is 1.97. The summed E-state index contributed by atoms with van der Waals surface area (Å²) in [6.07, 6.45) is -0.983. The van der Waals surface area contributed by atoms with Crippen LogP contribution in [0.15, 0.2) is 42.5 Å². The number of amides is 4. The molecule has 40 heavy (non-hydrogen) atoms. The molecule has 8 nitrogen and oxygen atoms in total. The van der Waals surface area contributed by atoms with Crippen LogP contribution in [0, 0.1) is 5.82 Å². The minimum absolute atomic E-state index is 0.0307. The fraction of sp³-hybridized carbons (Fsp3) is 0.370. The number of piperazine rings is 1. The third kappa shape index (κ3) is 5.78. The van der Waals surface area contributed by atoms with Gasteiger partial charge in [0.25, 0.3) is 5.91 Å². The first-order valence-electron chi connectivity index (χ1n) is 12.6. The van der Waals surface area contributed by atoms with Gasteiger partial charge in [0.1, 0.15) is 17.6 Å². The molecule has 4 amide bonds. The van der Waals surface area contributed by atoms with E-state index in [-0.39, 0.29) is 35.1 Å². The van der Waals surface area contributed by atoms with Crippen LogP contribution in [0.1, 0.15) is 30.9 Å². The number of rotatable bonds is 6. The highest BCUT2D eigenvalue weighted by Crippen LogP contribution is 2.38. The van der Waals surface area contributed by atoms with E-state index >= 15 is 0 Å². The topological polar surface area (TPSA) is 82.2 Å². The Hall–Kier alpha value is -3.64. The van der Waals surface area contributed by atoms with Crippen LogP contribution in [-0.4, -0.2) is 65.2 Å². The molecule has 3 fully saturated rings. The number of halogens is 5. The van der Waals surface area contributed by atoms with Crippen LogP contribution in [0.25, 0.3) is 6.08 Å². The molecule has 3 aliphatic heterocycles. The predicted molar refractivity (Wildman–Crippen MR) is 138 cm³/mol. The summed E-state index contributed by atoms with van der Waals surface area (Å²) in [5.41, 5.74) is 0.849. The van der Waals surface area contributed by atoms with Crippen molar-refractivity contribution in [2.24, 2.45) is 0 Å². The van der Waals surface area contributed by atoms with Gasteiger partial charge in [-0.1, -0.05) is 23.7 Å². The molecular weight excluding hydrogens is 556 g/mol. The van der Waals surface area contributed by atoms with Crippen molar-refractivity contribution in [3.63, 3.8) is 0 Å². The zero-order chi connectivity index (χ0) is 28.8. The van der Waals surface area contributed by atoms with E-state index in [0.717, 1.165) is 35.4 Å². The zero-order valence-corrected chi connectivity index (χ0v) is 22.0. The number of likely N-dealkylation sites (tertiary alicyclic amines) is 1. The molecular formula is C27H25ClF4N4O4. The van der Waals surface area contributed by atoms with E-state index in [2.05, 4.69) is 15.0 Å². The highest BCUT2D eigenvalue weighted by atomic mass is 35.5. The molecule has 1 N–H and O–H groups in total. The third-order valence-electron chi connectivity index (χ3n) is 7.22. The van der Waals surface area contributed by atoms with Gasteiger partial charge in [-0.3, -0.25) is 14.5 Å². The monoisotopic (exact) mass is 580 g/mol. The highest BCUT2D eigenvalue weighted by molar-refractivity contribution is 6.33. The summed E-state index contributed by atoms with van der Waals surface area (Å²) in [4.78, 5) is 43.1. The van der Waals surface area contributed by atoms with Crippen molar-refractivity contribution in [1.29, 1.82) is 0 Å². The Balaban J connectivity index is 1.37. The number of imide groups is 1. The summed E-state index contributed by atoms with van der Waals surface area (Å²) < 4.78 is 56.1. The second-order valence-corrected chi connectivity index (χ2v) is 10.4. The molecule has 212 valence electrons. The molecule has 0 aliphatic carbocycles. The lowest BCUT2D eigenvalue weighted by Gasteiger charge is -2.40. The molecule has 5 rings (SSSR count). The second kappa shape index (κ2) is 10.7. The average molecular weight is 581 g/mol. The van der Waals surface area contributed by atoms with Crippen molar-refractivity contribution in [2.45, 2.75) is 50.8 Å². The summed E-state index contributed by atoms with van der Waals surface area (Å²) in [6, 6.07) is 6.47. The Labute approximate surface area is 232 Å². The Morgan fingerprint density at radius 1 is 1.12 bits per heavy atom. The van der Waals surface area contributed by atoms with E-state index in [1.165, 1.54) is 31.2 Å². The van der Waals surface area contributed by atoms with Gasteiger partial charge in [-0.25, -0.2) is 14.1 Å². The van der Waals surface area contributed by atoms with Crippen LogP contribution in [0.2, 0.25) is 5.02 Å². The number of carbonyl (C=O) groups excluding carboxylic acids is 3. The van der Waals surface area contributed by atoms with Gasteiger partial charge >= 0.3 is 12.4 Å². The van der Waals surface area contributed by atoms with Gasteiger partial charge in [0.2, 0.25) is 5.91 Å². The van der Waals surface area contributed by atoms with E-state index in [1.54, 1.807) is 17.0 Å². The Bertz CT molecular complexity index is 1350. The fourth-order valence-corrected chi connectivity index (χ4v) is 5.69. The van der Waals surface area contributed by atoms with Gasteiger partial charge in [0.15, 0.2) is 0 Å². The maximum absolute atomic E-state index is 13.3. The van der Waals surface area contributed by atoms with Crippen LogP contribution >= 0.6 is 11.6 Å². The molecule has 2 aromatic rings. The quantitative estimate of drug-likeness (QED) is 0.304. The normalized spacial score (nSPS) is 23.3. The SMILES string of the molecule is C[C@H]1NC(=O)N(c2cc(Cl)c(OC(F)(F)F)cc2/C=C/C(=O)N2C3CC[C@H]2CN(Cc2ccc(F)cc2)C3)C1=O. The Morgan fingerprint density at radius 2 is 1.77 bits per heavy atom. The first-order valence-corrected chi connectivity index (χ1v) is 13.0. The second-order valence-electron chi connectivity index (χ2n) is 10.0. The number of benzene rings is 2. The van der Waals surface area contributed by atoms with Crippen molar-refractivity contribution >= 4 is 41.2 Å². The van der Waals surface area contributed by atoms with Gasteiger partial charge < -0.3 is 15.0 Å². The molecule has 0 aromatic heterocycles. The number of hydrogen-bond acceptors (Lipinski definition) is 5. The summed E-state index contributed by atoms with van der Waals surface area (Å²) in [6.45, 7) is 3.31. The molecule has 1 unspecified atom stereocenters. The fourth-order valence-electron chi connectivity index (χ4n) is 5.50. The van der Waals surface area contributed by atoms with E-state index in [0.29, 0.717) is 19.6 Å². The van der Waals surface area contributed by atoms with Crippen LogP contribution in [-0.2, 0) is 16.1 Å². The lowest BCUT2D eigenvalue weighted by molar-refractivity contribution is -0.274. The maximum atomic E-state index is 13.3.